The van der Waals surface area contributed by atoms with Crippen LogP contribution in [0.4, 0.5) is 11.6 Å². The molecule has 2 saturated heterocycles. The van der Waals surface area contributed by atoms with Crippen LogP contribution in [0.3, 0.4) is 0 Å². The molecule has 0 aliphatic carbocycles. The van der Waals surface area contributed by atoms with Gasteiger partial charge in [0.2, 0.25) is 0 Å². The Hall–Kier alpha value is -5.47. The number of fused-ring (bicyclic) bond motifs is 2. The van der Waals surface area contributed by atoms with Gasteiger partial charge in [-0.3, -0.25) is 20.2 Å². The number of hydrogen-bond donors (Lipinski definition) is 2. The number of aromatic nitrogens is 8. The highest BCUT2D eigenvalue weighted by atomic mass is 16.6. The Labute approximate surface area is 307 Å². The minimum absolute atomic E-state index is 0.0570. The lowest BCUT2D eigenvalue weighted by molar-refractivity contribution is -0.0164. The normalized spacial score (nSPS) is 19.1. The molecular formula is C39H44N10O4. The Bertz CT molecular complexity index is 2230. The third kappa shape index (κ3) is 6.57. The zero-order chi connectivity index (χ0) is 36.5. The summed E-state index contributed by atoms with van der Waals surface area (Å²) in [6.45, 7) is 12.0. The van der Waals surface area contributed by atoms with E-state index in [-0.39, 0.29) is 12.1 Å². The highest BCUT2D eigenvalue weighted by Gasteiger charge is 2.36. The maximum absolute atomic E-state index is 15.0. The molecule has 53 heavy (non-hydrogen) atoms. The number of carbonyl (C=O) groups is 1. The number of nitrogens with zero attached hydrogens (tertiary/aromatic N) is 8. The minimum Gasteiger partial charge on any atom is -0.451 e. The predicted molar refractivity (Wildman–Crippen MR) is 202 cm³/mol. The first-order chi connectivity index (χ1) is 25.8. The molecule has 2 N–H and O–H groups in total. The van der Waals surface area contributed by atoms with Crippen LogP contribution in [0.5, 0.6) is 0 Å². The molecule has 0 bridgehead atoms. The van der Waals surface area contributed by atoms with Crippen LogP contribution in [0, 0.1) is 0 Å². The summed E-state index contributed by atoms with van der Waals surface area (Å²) in [6, 6.07) is 11.6. The van der Waals surface area contributed by atoms with Gasteiger partial charge in [-0.2, -0.15) is 10.2 Å². The maximum Gasteiger partial charge on any atom is 0.339 e. The van der Waals surface area contributed by atoms with Crippen molar-refractivity contribution in [2.24, 2.45) is 0 Å². The van der Waals surface area contributed by atoms with E-state index >= 15 is 0 Å². The van der Waals surface area contributed by atoms with Gasteiger partial charge in [-0.25, -0.2) is 14.8 Å². The van der Waals surface area contributed by atoms with Gasteiger partial charge >= 0.3 is 5.97 Å². The molecule has 1 unspecified atom stereocenters. The maximum atomic E-state index is 15.0. The second kappa shape index (κ2) is 14.5. The van der Waals surface area contributed by atoms with Gasteiger partial charge in [-0.05, 0) is 70.0 Å². The van der Waals surface area contributed by atoms with Crippen molar-refractivity contribution in [1.82, 2.24) is 40.3 Å². The molecule has 6 aromatic rings. The van der Waals surface area contributed by atoms with E-state index in [9.17, 15) is 4.79 Å². The van der Waals surface area contributed by atoms with Gasteiger partial charge in [-0.1, -0.05) is 13.3 Å². The van der Waals surface area contributed by atoms with Crippen LogP contribution < -0.4 is 9.80 Å². The van der Waals surface area contributed by atoms with Gasteiger partial charge in [0.15, 0.2) is 0 Å². The third-order valence-corrected chi connectivity index (χ3v) is 10.4. The highest BCUT2D eigenvalue weighted by molar-refractivity contribution is 6.07. The van der Waals surface area contributed by atoms with Gasteiger partial charge in [0.25, 0.3) is 0 Å². The van der Waals surface area contributed by atoms with Crippen LogP contribution in [-0.4, -0.2) is 97.9 Å². The molecule has 0 radical (unpaired) electrons. The highest BCUT2D eigenvalue weighted by Crippen LogP contribution is 2.41. The molecule has 274 valence electrons. The largest absolute Gasteiger partial charge is 0.451 e. The number of hydrogen-bond acceptors (Lipinski definition) is 12. The second-order valence-corrected chi connectivity index (χ2v) is 14.1. The number of nitrogens with one attached hydrogen (secondary N) is 2. The number of carbonyl (C=O) groups excluding carboxylic acids is 1. The van der Waals surface area contributed by atoms with Crippen molar-refractivity contribution < 1.29 is 19.0 Å². The molecule has 14 nitrogen and oxygen atoms in total. The predicted octanol–water partition coefficient (Wildman–Crippen LogP) is 6.07. The number of morpholine rings is 2. The lowest BCUT2D eigenvalue weighted by Crippen LogP contribution is -2.44. The monoisotopic (exact) mass is 716 g/mol. The zero-order valence-electron chi connectivity index (χ0n) is 30.5. The quantitative estimate of drug-likeness (QED) is 0.158. The van der Waals surface area contributed by atoms with Crippen LogP contribution in [0.2, 0.25) is 0 Å². The topological polar surface area (TPSA) is 160 Å². The molecular weight excluding hydrogens is 672 g/mol. The lowest BCUT2D eigenvalue weighted by atomic mass is 9.87. The van der Waals surface area contributed by atoms with Crippen LogP contribution >= 0.6 is 0 Å². The van der Waals surface area contributed by atoms with E-state index in [2.05, 4.69) is 62.0 Å². The summed E-state index contributed by atoms with van der Waals surface area (Å²) in [5, 5.41) is 15.9. The summed E-state index contributed by atoms with van der Waals surface area (Å²) in [4.78, 5) is 39.2. The molecule has 2 aliphatic rings. The standard InChI is InChI=1S/C39H44N10O4/c1-5-6-11-39(4,29-21-33(49-17-19-52-23-25(49)3)45-35-27(29)8-13-41-37(35)31-10-15-43-47-31)53-38(50)28-20-32(48-16-18-51-22-24(48)2)44-34-26(28)7-12-40-36(34)30-9-14-42-46-30/h7-10,12-15,20-21,24-25H,5-6,11,16-19,22-23H2,1-4H3,(H,42,46)(H,43,47)/t24-,25-,39?/m1/s1. The van der Waals surface area contributed by atoms with Crippen molar-refractivity contribution in [3.63, 3.8) is 0 Å². The van der Waals surface area contributed by atoms with Gasteiger partial charge in [0.1, 0.15) is 39.7 Å². The SMILES string of the molecule is CCCCC(C)(OC(=O)c1cc(N2CCOC[C@H]2C)nc2c(-c3ccn[nH]3)nccc12)c1cc(N2CCOC[C@H]2C)nc2c(-c3ccn[nH]3)nccc12. The van der Waals surface area contributed by atoms with Crippen molar-refractivity contribution in [2.45, 2.75) is 64.6 Å². The Balaban J connectivity index is 1.30. The fraction of sp³-hybridized carbons (Fsp3) is 0.410. The van der Waals surface area contributed by atoms with E-state index < -0.39 is 11.6 Å². The Kier molecular flexibility index (Phi) is 9.48. The van der Waals surface area contributed by atoms with Crippen molar-refractivity contribution in [2.75, 3.05) is 49.3 Å². The van der Waals surface area contributed by atoms with E-state index in [1.165, 1.54) is 0 Å². The molecule has 8 rings (SSSR count). The Morgan fingerprint density at radius 1 is 0.830 bits per heavy atom. The first-order valence-corrected chi connectivity index (χ1v) is 18.4. The van der Waals surface area contributed by atoms with E-state index in [4.69, 9.17) is 29.2 Å². The molecule has 0 spiro atoms. The van der Waals surface area contributed by atoms with Crippen LogP contribution in [0.1, 0.15) is 62.9 Å². The third-order valence-electron chi connectivity index (χ3n) is 10.4. The number of esters is 1. The van der Waals surface area contributed by atoms with Gasteiger partial charge in [-0.15, -0.1) is 0 Å². The van der Waals surface area contributed by atoms with Crippen LogP contribution in [0.15, 0.2) is 61.2 Å². The summed E-state index contributed by atoms with van der Waals surface area (Å²) in [5.74, 6) is 0.996. The fourth-order valence-corrected chi connectivity index (χ4v) is 7.50. The molecule has 6 aromatic heterocycles. The Morgan fingerprint density at radius 2 is 1.40 bits per heavy atom. The number of rotatable bonds is 10. The number of anilines is 2. The summed E-state index contributed by atoms with van der Waals surface area (Å²) in [5.41, 5.74) is 4.26. The average molecular weight is 717 g/mol. The molecule has 0 saturated carbocycles. The first-order valence-electron chi connectivity index (χ1n) is 18.4. The van der Waals surface area contributed by atoms with Crippen molar-refractivity contribution >= 4 is 39.4 Å². The molecule has 3 atom stereocenters. The lowest BCUT2D eigenvalue weighted by Gasteiger charge is -2.37. The van der Waals surface area contributed by atoms with E-state index in [1.807, 2.05) is 37.3 Å². The number of ether oxygens (including phenoxy) is 3. The number of aromatic amines is 2. The molecule has 14 heteroatoms. The van der Waals surface area contributed by atoms with E-state index in [1.54, 1.807) is 24.8 Å². The van der Waals surface area contributed by atoms with E-state index in [0.29, 0.717) is 90.8 Å². The fourth-order valence-electron chi connectivity index (χ4n) is 7.50. The average Bonchev–Trinajstić information content (AvgIpc) is 3.92. The van der Waals surface area contributed by atoms with E-state index in [0.717, 1.165) is 35.3 Å². The Morgan fingerprint density at radius 3 is 1.94 bits per heavy atom. The van der Waals surface area contributed by atoms with Gasteiger partial charge in [0.05, 0.1) is 55.5 Å². The number of unbranched alkanes of at least 4 members (excludes halogenated alkanes) is 1. The first kappa shape index (κ1) is 34.6. The minimum atomic E-state index is -1.05. The molecule has 2 aliphatic heterocycles. The molecule has 0 amide bonds. The molecule has 0 aromatic carbocycles. The molecule has 2 fully saturated rings. The molecule has 8 heterocycles. The van der Waals surface area contributed by atoms with Crippen LogP contribution in [-0.2, 0) is 19.8 Å². The van der Waals surface area contributed by atoms with Crippen LogP contribution in [0.25, 0.3) is 44.6 Å². The summed E-state index contributed by atoms with van der Waals surface area (Å²) in [6.07, 6.45) is 9.19. The second-order valence-electron chi connectivity index (χ2n) is 14.1. The summed E-state index contributed by atoms with van der Waals surface area (Å²) < 4.78 is 18.4. The van der Waals surface area contributed by atoms with Crippen molar-refractivity contribution in [3.05, 3.63) is 72.3 Å². The van der Waals surface area contributed by atoms with Gasteiger partial charge in [0, 0.05) is 54.2 Å². The number of pyridine rings is 4. The summed E-state index contributed by atoms with van der Waals surface area (Å²) in [7, 11) is 0. The zero-order valence-corrected chi connectivity index (χ0v) is 30.5. The van der Waals surface area contributed by atoms with Gasteiger partial charge < -0.3 is 24.0 Å². The summed E-state index contributed by atoms with van der Waals surface area (Å²) >= 11 is 0. The smallest absolute Gasteiger partial charge is 0.339 e. The van der Waals surface area contributed by atoms with Crippen molar-refractivity contribution in [3.8, 4) is 22.8 Å². The number of H-pyrrole nitrogens is 2. The van der Waals surface area contributed by atoms with Crippen molar-refractivity contribution in [1.29, 1.82) is 0 Å².